The van der Waals surface area contributed by atoms with E-state index >= 15 is 0 Å². The Kier molecular flexibility index (Phi) is 10.2. The molecule has 1 aliphatic carbocycles. The molecule has 1 amide bonds. The van der Waals surface area contributed by atoms with Gasteiger partial charge in [-0.2, -0.15) is 19.0 Å². The number of carbonyl (C=O) groups is 1. The molecule has 0 bridgehead atoms. The van der Waals surface area contributed by atoms with Gasteiger partial charge in [0.05, 0.1) is 33.9 Å². The minimum absolute atomic E-state index is 0.0661. The van der Waals surface area contributed by atoms with Gasteiger partial charge < -0.3 is 5.32 Å². The molecule has 0 saturated heterocycles. The van der Waals surface area contributed by atoms with Gasteiger partial charge in [-0.15, -0.1) is 0 Å². The summed E-state index contributed by atoms with van der Waals surface area (Å²) >= 11 is 6.55. The zero-order valence-electron chi connectivity index (χ0n) is 28.2. The first-order valence-corrected chi connectivity index (χ1v) is 18.4. The van der Waals surface area contributed by atoms with Crippen molar-refractivity contribution in [3.05, 3.63) is 93.0 Å². The Morgan fingerprint density at radius 2 is 1.75 bits per heavy atom. The molecular weight excluding hydrogens is 748 g/mol. The molecule has 10 nitrogen and oxygen atoms in total. The number of hydrogen-bond acceptors (Lipinski definition) is 6. The van der Waals surface area contributed by atoms with Crippen LogP contribution in [0.4, 0.5) is 32.2 Å². The molecule has 5 aromatic rings. The van der Waals surface area contributed by atoms with Crippen LogP contribution >= 0.6 is 11.6 Å². The molecule has 0 saturated carbocycles. The van der Waals surface area contributed by atoms with E-state index < -0.39 is 70.3 Å². The molecule has 2 N–H and O–H groups in total. The summed E-state index contributed by atoms with van der Waals surface area (Å²) in [5.41, 5.74) is -0.424. The Morgan fingerprint density at radius 3 is 2.42 bits per heavy atom. The smallest absolute Gasteiger partial charge is 0.290 e. The third-order valence-electron chi connectivity index (χ3n) is 8.47. The van der Waals surface area contributed by atoms with Crippen molar-refractivity contribution in [1.29, 1.82) is 0 Å². The molecule has 6 rings (SSSR count). The van der Waals surface area contributed by atoms with Crippen molar-refractivity contribution in [2.24, 2.45) is 7.05 Å². The molecule has 0 spiro atoms. The van der Waals surface area contributed by atoms with Gasteiger partial charge in [0, 0.05) is 42.6 Å². The summed E-state index contributed by atoms with van der Waals surface area (Å²) in [5, 5.41) is 11.1. The second kappa shape index (κ2) is 14.4. The number of carbonyl (C=O) groups excluding carboxylic acids is 1. The van der Waals surface area contributed by atoms with Gasteiger partial charge in [0.15, 0.2) is 5.82 Å². The van der Waals surface area contributed by atoms with Crippen LogP contribution in [0.2, 0.25) is 5.02 Å². The number of fused-ring (bicyclic) bond motifs is 2. The molecule has 3 aromatic heterocycles. The van der Waals surface area contributed by atoms with Crippen LogP contribution in [-0.4, -0.2) is 45.1 Å². The molecule has 0 aliphatic heterocycles. The van der Waals surface area contributed by atoms with Gasteiger partial charge >= 0.3 is 0 Å². The Balaban J connectivity index is 1.52. The fourth-order valence-electron chi connectivity index (χ4n) is 6.48. The molecule has 2 aromatic carbocycles. The second-order valence-electron chi connectivity index (χ2n) is 12.4. The number of hydrogen-bond donors (Lipinski definition) is 2. The SMILES string of the molecule is CCC#Cc1ccc(-c2ccc(Cl)c3c(NS(C)(=O)=O)nn(C)c23)c([C@H](Cc2cc(F)cc(F)c2)NC(=O)Cn2nc(C(F)F)c3c2C(F)(F)CC3)n1. The number of nitrogens with one attached hydrogen (secondary N) is 2. The number of amides is 1. The molecule has 53 heavy (non-hydrogen) atoms. The summed E-state index contributed by atoms with van der Waals surface area (Å²) in [6.07, 6.45) is -3.11. The number of benzene rings is 2. The van der Waals surface area contributed by atoms with Gasteiger partial charge in [0.1, 0.15) is 35.3 Å². The maximum Gasteiger partial charge on any atom is 0.290 e. The van der Waals surface area contributed by atoms with E-state index in [1.54, 1.807) is 25.2 Å². The van der Waals surface area contributed by atoms with Crippen molar-refractivity contribution < 1.29 is 39.6 Å². The van der Waals surface area contributed by atoms with E-state index in [1.165, 1.54) is 10.7 Å². The first-order chi connectivity index (χ1) is 25.0. The van der Waals surface area contributed by atoms with Crippen molar-refractivity contribution in [2.75, 3.05) is 11.0 Å². The lowest BCUT2D eigenvalue weighted by atomic mass is 9.93. The van der Waals surface area contributed by atoms with E-state index in [4.69, 9.17) is 16.6 Å². The maximum atomic E-state index is 14.9. The van der Waals surface area contributed by atoms with E-state index in [-0.39, 0.29) is 51.6 Å². The van der Waals surface area contributed by atoms with Crippen molar-refractivity contribution in [2.45, 2.75) is 57.5 Å². The average molecular weight is 778 g/mol. The summed E-state index contributed by atoms with van der Waals surface area (Å²) in [6, 6.07) is 7.84. The van der Waals surface area contributed by atoms with Gasteiger partial charge in [-0.25, -0.2) is 31.0 Å². The molecular formula is C35H30ClF6N7O3S. The van der Waals surface area contributed by atoms with E-state index in [0.29, 0.717) is 33.8 Å². The summed E-state index contributed by atoms with van der Waals surface area (Å²) < 4.78 is 115. The monoisotopic (exact) mass is 777 g/mol. The highest BCUT2D eigenvalue weighted by molar-refractivity contribution is 7.92. The minimum atomic E-state index is -3.80. The zero-order chi connectivity index (χ0) is 38.4. The molecule has 0 radical (unpaired) electrons. The predicted octanol–water partition coefficient (Wildman–Crippen LogP) is 6.97. The van der Waals surface area contributed by atoms with Crippen LogP contribution in [0.15, 0.2) is 42.5 Å². The molecule has 0 unspecified atom stereocenters. The third-order valence-corrected chi connectivity index (χ3v) is 9.35. The normalized spacial score (nSPS) is 14.2. The second-order valence-corrected chi connectivity index (χ2v) is 14.6. The highest BCUT2D eigenvalue weighted by Gasteiger charge is 2.46. The number of rotatable bonds is 10. The van der Waals surface area contributed by atoms with E-state index in [9.17, 15) is 39.6 Å². The number of aromatic nitrogens is 5. The Bertz CT molecular complexity index is 2420. The minimum Gasteiger partial charge on any atom is -0.346 e. The van der Waals surface area contributed by atoms with E-state index in [0.717, 1.165) is 18.4 Å². The Hall–Kier alpha value is -5.08. The van der Waals surface area contributed by atoms with Crippen molar-refractivity contribution >= 4 is 44.3 Å². The largest absolute Gasteiger partial charge is 0.346 e. The lowest BCUT2D eigenvalue weighted by molar-refractivity contribution is -0.122. The van der Waals surface area contributed by atoms with E-state index in [2.05, 4.69) is 32.1 Å². The summed E-state index contributed by atoms with van der Waals surface area (Å²) in [4.78, 5) is 18.5. The van der Waals surface area contributed by atoms with Crippen molar-refractivity contribution in [3.63, 3.8) is 0 Å². The molecule has 0 fully saturated rings. The van der Waals surface area contributed by atoms with E-state index in [1.807, 2.05) is 6.92 Å². The number of pyridine rings is 1. The first kappa shape index (κ1) is 37.7. The summed E-state index contributed by atoms with van der Waals surface area (Å²) in [6.45, 7) is 0.921. The van der Waals surface area contributed by atoms with Crippen LogP contribution in [0.25, 0.3) is 22.0 Å². The fraction of sp³-hybridized carbons (Fsp3) is 0.314. The predicted molar refractivity (Wildman–Crippen MR) is 185 cm³/mol. The number of halogens is 7. The molecule has 1 atom stereocenters. The molecule has 3 heterocycles. The van der Waals surface area contributed by atoms with Crippen LogP contribution in [0.1, 0.15) is 66.1 Å². The van der Waals surface area contributed by atoms with Crippen LogP contribution in [0, 0.1) is 23.5 Å². The first-order valence-electron chi connectivity index (χ1n) is 16.1. The van der Waals surface area contributed by atoms with Gasteiger partial charge in [-0.3, -0.25) is 18.9 Å². The van der Waals surface area contributed by atoms with Gasteiger partial charge in [-0.05, 0) is 54.7 Å². The average Bonchev–Trinajstić information content (AvgIpc) is 3.70. The number of aryl methyl sites for hydroxylation is 1. The Morgan fingerprint density at radius 1 is 1.06 bits per heavy atom. The van der Waals surface area contributed by atoms with Gasteiger partial charge in [-0.1, -0.05) is 30.5 Å². The maximum absolute atomic E-state index is 14.9. The quantitative estimate of drug-likeness (QED) is 0.117. The fourth-order valence-corrected chi connectivity index (χ4v) is 7.22. The van der Waals surface area contributed by atoms with Crippen LogP contribution in [0.3, 0.4) is 0 Å². The molecule has 278 valence electrons. The number of anilines is 1. The standard InChI is InChI=1S/C35H30ClF6N7O3S/c1-4-5-6-21-7-8-22(23-9-10-25(36)28-31(23)48(2)46-34(28)47-53(3,51)52)29(43-21)26(15-18-13-19(37)16-20(38)14-18)44-27(50)17-49-32-24(11-12-35(32,41)42)30(45-49)33(39)40/h7-10,13-14,16,26,33H,4,11-12,15,17H2,1-3H3,(H,44,50)(H,46,47)/t26-/m0/s1. The van der Waals surface area contributed by atoms with Crippen LogP contribution < -0.4 is 10.0 Å². The lowest BCUT2D eigenvalue weighted by Gasteiger charge is -2.23. The third kappa shape index (κ3) is 7.84. The summed E-state index contributed by atoms with van der Waals surface area (Å²) in [7, 11) is -2.25. The molecule has 1 aliphatic rings. The highest BCUT2D eigenvalue weighted by Crippen LogP contribution is 2.45. The highest BCUT2D eigenvalue weighted by atomic mass is 35.5. The number of sulfonamides is 1. The van der Waals surface area contributed by atoms with Crippen molar-refractivity contribution in [3.8, 4) is 23.0 Å². The zero-order valence-corrected chi connectivity index (χ0v) is 29.8. The summed E-state index contributed by atoms with van der Waals surface area (Å²) in [5.74, 6) is -0.530. The number of alkyl halides is 4. The van der Waals surface area contributed by atoms with Gasteiger partial charge in [0.25, 0.3) is 12.3 Å². The topological polar surface area (TPSA) is 124 Å². The van der Waals surface area contributed by atoms with Crippen LogP contribution in [0.5, 0.6) is 0 Å². The Labute approximate surface area is 304 Å². The van der Waals surface area contributed by atoms with Crippen molar-refractivity contribution in [1.82, 2.24) is 29.9 Å². The van der Waals surface area contributed by atoms with Gasteiger partial charge in [0.2, 0.25) is 15.9 Å². The van der Waals surface area contributed by atoms with Crippen LogP contribution in [-0.2, 0) is 47.2 Å². The lowest BCUT2D eigenvalue weighted by Crippen LogP contribution is -2.35. The number of nitrogens with zero attached hydrogens (tertiary/aromatic N) is 5. The molecule has 18 heteroatoms.